The number of carbonyl (C=O) groups is 1. The first-order chi connectivity index (χ1) is 6.06. The zero-order valence-electron chi connectivity index (χ0n) is 6.61. The molecule has 0 aliphatic heterocycles. The fourth-order valence-corrected chi connectivity index (χ4v) is 1.81. The van der Waals surface area contributed by atoms with Gasteiger partial charge in [-0.15, -0.1) is 0 Å². The van der Waals surface area contributed by atoms with Gasteiger partial charge in [-0.25, -0.2) is 4.79 Å². The van der Waals surface area contributed by atoms with Crippen LogP contribution in [-0.2, 0) is 4.74 Å². The van der Waals surface area contributed by atoms with Crippen molar-refractivity contribution in [2.24, 2.45) is 0 Å². The third-order valence-electron chi connectivity index (χ3n) is 1.40. The molecule has 0 radical (unpaired) electrons. The second-order valence-corrected chi connectivity index (χ2v) is 4.30. The molecular weight excluding hydrogens is 323 g/mol. The minimum absolute atomic E-state index is 0.407. The average Bonchev–Trinajstić information content (AvgIpc) is 2.12. The molecule has 0 fully saturated rings. The van der Waals surface area contributed by atoms with Gasteiger partial charge in [-0.3, -0.25) is 0 Å². The molecule has 1 rings (SSSR count). The fraction of sp³-hybridized carbons (Fsp3) is 0.125. The lowest BCUT2D eigenvalue weighted by Gasteiger charge is -2.03. The van der Waals surface area contributed by atoms with E-state index in [2.05, 4.69) is 36.6 Å². The van der Waals surface area contributed by atoms with Gasteiger partial charge in [0.2, 0.25) is 0 Å². The summed E-state index contributed by atoms with van der Waals surface area (Å²) in [4.78, 5) is 11.1. The molecule has 2 nitrogen and oxygen atoms in total. The van der Waals surface area contributed by atoms with E-state index in [0.29, 0.717) is 10.6 Å². The molecule has 0 unspecified atom stereocenters. The number of rotatable bonds is 1. The number of benzene rings is 1. The predicted octanol–water partition coefficient (Wildman–Crippen LogP) is 3.65. The maximum atomic E-state index is 11.1. The Labute approximate surface area is 97.5 Å². The van der Waals surface area contributed by atoms with Gasteiger partial charge in [-0.05, 0) is 44.0 Å². The van der Waals surface area contributed by atoms with Crippen LogP contribution in [0.3, 0.4) is 0 Å². The van der Waals surface area contributed by atoms with Crippen LogP contribution in [0, 0.1) is 0 Å². The van der Waals surface area contributed by atoms with Crippen molar-refractivity contribution in [1.82, 2.24) is 0 Å². The normalized spacial score (nSPS) is 9.85. The Hall–Kier alpha value is -0.0600. The standard InChI is InChI=1S/C8H5Br2ClO2/c1-13-8(12)4-2-5(9)7(10)6(11)3-4/h2-3H,1H3. The smallest absolute Gasteiger partial charge is 0.337 e. The number of methoxy groups -OCH3 is 1. The highest BCUT2D eigenvalue weighted by Crippen LogP contribution is 2.31. The Morgan fingerprint density at radius 1 is 1.46 bits per heavy atom. The Morgan fingerprint density at radius 2 is 2.08 bits per heavy atom. The van der Waals surface area contributed by atoms with Gasteiger partial charge in [0.25, 0.3) is 0 Å². The van der Waals surface area contributed by atoms with Crippen LogP contribution in [-0.4, -0.2) is 13.1 Å². The van der Waals surface area contributed by atoms with Gasteiger partial charge in [0.05, 0.1) is 22.2 Å². The summed E-state index contributed by atoms with van der Waals surface area (Å²) in [7, 11) is 1.33. The van der Waals surface area contributed by atoms with E-state index < -0.39 is 5.97 Å². The van der Waals surface area contributed by atoms with Crippen LogP contribution in [0.4, 0.5) is 0 Å². The first kappa shape index (κ1) is 11.0. The van der Waals surface area contributed by atoms with Crippen LogP contribution >= 0.6 is 43.5 Å². The van der Waals surface area contributed by atoms with Crippen molar-refractivity contribution in [2.45, 2.75) is 0 Å². The Balaban J connectivity index is 3.20. The van der Waals surface area contributed by atoms with Gasteiger partial charge in [0, 0.05) is 4.47 Å². The van der Waals surface area contributed by atoms with E-state index >= 15 is 0 Å². The van der Waals surface area contributed by atoms with E-state index in [4.69, 9.17) is 11.6 Å². The number of hydrogen-bond donors (Lipinski definition) is 0. The minimum atomic E-state index is -0.407. The van der Waals surface area contributed by atoms with E-state index in [1.54, 1.807) is 12.1 Å². The van der Waals surface area contributed by atoms with Crippen molar-refractivity contribution in [3.8, 4) is 0 Å². The molecule has 0 heterocycles. The van der Waals surface area contributed by atoms with Gasteiger partial charge in [0.15, 0.2) is 0 Å². The van der Waals surface area contributed by atoms with Gasteiger partial charge < -0.3 is 4.74 Å². The van der Waals surface area contributed by atoms with Crippen LogP contribution < -0.4 is 0 Å². The zero-order valence-corrected chi connectivity index (χ0v) is 10.5. The third kappa shape index (κ3) is 2.45. The summed E-state index contributed by atoms with van der Waals surface area (Å²) < 4.78 is 6.00. The number of esters is 1. The van der Waals surface area contributed by atoms with Crippen LogP contribution in [0.1, 0.15) is 10.4 Å². The number of carbonyl (C=O) groups excluding carboxylic acids is 1. The highest BCUT2D eigenvalue weighted by molar-refractivity contribution is 9.13. The second kappa shape index (κ2) is 4.44. The van der Waals surface area contributed by atoms with Gasteiger partial charge >= 0.3 is 5.97 Å². The molecule has 0 spiro atoms. The molecule has 1 aromatic rings. The quantitative estimate of drug-likeness (QED) is 0.581. The summed E-state index contributed by atoms with van der Waals surface area (Å²) in [6.45, 7) is 0. The lowest BCUT2D eigenvalue weighted by atomic mass is 10.2. The third-order valence-corrected chi connectivity index (χ3v) is 3.94. The minimum Gasteiger partial charge on any atom is -0.465 e. The maximum Gasteiger partial charge on any atom is 0.337 e. The number of halogens is 3. The topological polar surface area (TPSA) is 26.3 Å². The lowest BCUT2D eigenvalue weighted by Crippen LogP contribution is -2.01. The average molecular weight is 328 g/mol. The fourth-order valence-electron chi connectivity index (χ4n) is 0.791. The van der Waals surface area contributed by atoms with Gasteiger partial charge in [-0.1, -0.05) is 11.6 Å². The van der Waals surface area contributed by atoms with Crippen molar-refractivity contribution in [3.05, 3.63) is 31.7 Å². The molecule has 5 heteroatoms. The van der Waals surface area contributed by atoms with E-state index in [9.17, 15) is 4.79 Å². The highest BCUT2D eigenvalue weighted by Gasteiger charge is 2.10. The molecule has 0 aliphatic carbocycles. The SMILES string of the molecule is COC(=O)c1cc(Cl)c(Br)c(Br)c1. The summed E-state index contributed by atoms with van der Waals surface area (Å²) in [5.41, 5.74) is 0.419. The molecule has 0 bridgehead atoms. The first-order valence-corrected chi connectivity index (χ1v) is 5.25. The van der Waals surface area contributed by atoms with Crippen LogP contribution in [0.5, 0.6) is 0 Å². The van der Waals surface area contributed by atoms with Gasteiger partial charge in [0.1, 0.15) is 0 Å². The van der Waals surface area contributed by atoms with Crippen LogP contribution in [0.15, 0.2) is 21.1 Å². The Kier molecular flexibility index (Phi) is 3.76. The van der Waals surface area contributed by atoms with Crippen molar-refractivity contribution < 1.29 is 9.53 Å². The zero-order chi connectivity index (χ0) is 10.0. The Bertz CT molecular complexity index is 329. The highest BCUT2D eigenvalue weighted by atomic mass is 79.9. The van der Waals surface area contributed by atoms with Crippen LogP contribution in [0.25, 0.3) is 0 Å². The molecule has 13 heavy (non-hydrogen) atoms. The summed E-state index contributed by atoms with van der Waals surface area (Å²) >= 11 is 12.3. The maximum absolute atomic E-state index is 11.1. The summed E-state index contributed by atoms with van der Waals surface area (Å²) in [5, 5.41) is 0.467. The number of hydrogen-bond acceptors (Lipinski definition) is 2. The second-order valence-electron chi connectivity index (χ2n) is 2.25. The monoisotopic (exact) mass is 326 g/mol. The Morgan fingerprint density at radius 3 is 2.54 bits per heavy atom. The van der Waals surface area contributed by atoms with Crippen molar-refractivity contribution in [3.63, 3.8) is 0 Å². The van der Waals surface area contributed by atoms with E-state index in [1.165, 1.54) is 7.11 Å². The molecule has 1 aromatic carbocycles. The molecule has 0 aromatic heterocycles. The molecule has 0 N–H and O–H groups in total. The van der Waals surface area contributed by atoms with E-state index in [0.717, 1.165) is 8.95 Å². The van der Waals surface area contributed by atoms with Crippen molar-refractivity contribution in [1.29, 1.82) is 0 Å². The molecule has 70 valence electrons. The van der Waals surface area contributed by atoms with Crippen molar-refractivity contribution in [2.75, 3.05) is 7.11 Å². The first-order valence-electron chi connectivity index (χ1n) is 3.29. The predicted molar refractivity (Wildman–Crippen MR) is 58.2 cm³/mol. The molecule has 0 atom stereocenters. The van der Waals surface area contributed by atoms with Gasteiger partial charge in [-0.2, -0.15) is 0 Å². The molecule has 0 aliphatic rings. The molecule has 0 saturated heterocycles. The summed E-state index contributed by atoms with van der Waals surface area (Å²) in [5.74, 6) is -0.407. The molecule has 0 saturated carbocycles. The largest absolute Gasteiger partial charge is 0.465 e. The van der Waals surface area contributed by atoms with Crippen molar-refractivity contribution >= 4 is 49.4 Å². The molecular formula is C8H5Br2ClO2. The van der Waals surface area contributed by atoms with E-state index in [1.807, 2.05) is 0 Å². The molecule has 0 amide bonds. The summed E-state index contributed by atoms with van der Waals surface area (Å²) in [6.07, 6.45) is 0. The number of ether oxygens (including phenoxy) is 1. The lowest BCUT2D eigenvalue weighted by molar-refractivity contribution is 0.0600. The summed E-state index contributed by atoms with van der Waals surface area (Å²) in [6, 6.07) is 3.18. The van der Waals surface area contributed by atoms with Crippen LogP contribution in [0.2, 0.25) is 5.02 Å². The van der Waals surface area contributed by atoms with E-state index in [-0.39, 0.29) is 0 Å².